The third-order valence-electron chi connectivity index (χ3n) is 4.60. The molecular weight excluding hydrogens is 346 g/mol. The topological polar surface area (TPSA) is 35.5 Å². The van der Waals surface area contributed by atoms with E-state index in [0.717, 1.165) is 37.9 Å². The molecule has 0 aromatic carbocycles. The summed E-state index contributed by atoms with van der Waals surface area (Å²) in [6, 6.07) is 0. The molecule has 166 valence electrons. The van der Waals surface area contributed by atoms with Crippen LogP contribution in [0.5, 0.6) is 0 Å². The summed E-state index contributed by atoms with van der Waals surface area (Å²) in [4.78, 5) is 16.0. The van der Waals surface area contributed by atoms with E-state index in [1.165, 1.54) is 32.5 Å². The van der Waals surface area contributed by atoms with Gasteiger partial charge in [0.1, 0.15) is 5.82 Å². The van der Waals surface area contributed by atoms with Crippen LogP contribution in [0.3, 0.4) is 0 Å². The fourth-order valence-corrected chi connectivity index (χ4v) is 3.22. The quantitative estimate of drug-likeness (QED) is 0.716. The molecule has 1 aromatic rings. The van der Waals surface area contributed by atoms with Gasteiger partial charge in [-0.2, -0.15) is 0 Å². The minimum Gasteiger partial charge on any atom is -0.353 e. The number of likely N-dealkylation sites (tertiary alicyclic amines) is 1. The van der Waals surface area contributed by atoms with Gasteiger partial charge in [0.2, 0.25) is 0 Å². The number of piperazine rings is 1. The van der Waals surface area contributed by atoms with Crippen LogP contribution in [0.15, 0.2) is 18.6 Å². The average molecular weight is 396 g/mol. The van der Waals surface area contributed by atoms with Gasteiger partial charge in [-0.15, -0.1) is 0 Å². The lowest BCUT2D eigenvalue weighted by Gasteiger charge is -2.38. The number of rotatable bonds is 3. The van der Waals surface area contributed by atoms with E-state index >= 15 is 0 Å². The molecule has 0 aliphatic carbocycles. The Morgan fingerprint density at radius 1 is 0.786 bits per heavy atom. The van der Waals surface area contributed by atoms with Crippen LogP contribution in [0, 0.1) is 5.92 Å². The van der Waals surface area contributed by atoms with Crippen molar-refractivity contribution >= 4 is 5.82 Å². The molecule has 2 fully saturated rings. The van der Waals surface area contributed by atoms with Crippen molar-refractivity contribution in [2.24, 2.45) is 5.92 Å². The van der Waals surface area contributed by atoms with Crippen LogP contribution in [0.2, 0.25) is 0 Å². The Morgan fingerprint density at radius 3 is 1.79 bits per heavy atom. The molecule has 5 nitrogen and oxygen atoms in total. The number of anilines is 1. The molecule has 2 aliphatic heterocycles. The number of hydrogen-bond acceptors (Lipinski definition) is 5. The Morgan fingerprint density at radius 2 is 1.32 bits per heavy atom. The second kappa shape index (κ2) is 20.5. The number of piperidine rings is 1. The Balaban J connectivity index is 0. The number of hydrogen-bond donors (Lipinski definition) is 0. The number of nitrogens with zero attached hydrogens (tertiary/aromatic N) is 5. The molecule has 28 heavy (non-hydrogen) atoms. The molecule has 3 rings (SSSR count). The lowest BCUT2D eigenvalue weighted by Crippen LogP contribution is -2.49. The molecule has 2 saturated heterocycles. The van der Waals surface area contributed by atoms with Crippen molar-refractivity contribution in [3.63, 3.8) is 0 Å². The normalized spacial score (nSPS) is 17.4. The van der Waals surface area contributed by atoms with Gasteiger partial charge in [0.15, 0.2) is 0 Å². The minimum absolute atomic E-state index is 0.897. The standard InChI is InChI=1S/C15H25N5.4C2H6/c1-18-6-2-14(3-7-18)13-19-8-10-20(11-9-19)15-12-16-4-5-17-15;4*1-2/h4-5,12,14H,2-3,6-11,13H2,1H3;4*1-2H3. The van der Waals surface area contributed by atoms with Gasteiger partial charge in [-0.05, 0) is 38.9 Å². The lowest BCUT2D eigenvalue weighted by atomic mass is 9.96. The summed E-state index contributed by atoms with van der Waals surface area (Å²) in [6.07, 6.45) is 8.11. The van der Waals surface area contributed by atoms with Crippen molar-refractivity contribution in [2.45, 2.75) is 68.2 Å². The predicted molar refractivity (Wildman–Crippen MR) is 126 cm³/mol. The van der Waals surface area contributed by atoms with Crippen molar-refractivity contribution in [2.75, 3.05) is 57.8 Å². The van der Waals surface area contributed by atoms with Gasteiger partial charge in [-0.3, -0.25) is 9.88 Å². The Labute approximate surface area is 176 Å². The zero-order valence-electron chi connectivity index (χ0n) is 20.4. The van der Waals surface area contributed by atoms with Crippen molar-refractivity contribution in [3.8, 4) is 0 Å². The van der Waals surface area contributed by atoms with Gasteiger partial charge in [0.05, 0.1) is 6.20 Å². The molecule has 0 spiro atoms. The summed E-state index contributed by atoms with van der Waals surface area (Å²) in [6.45, 7) is 24.3. The van der Waals surface area contributed by atoms with Crippen LogP contribution in [-0.2, 0) is 0 Å². The third-order valence-corrected chi connectivity index (χ3v) is 4.60. The van der Waals surface area contributed by atoms with Crippen molar-refractivity contribution in [1.29, 1.82) is 0 Å². The summed E-state index contributed by atoms with van der Waals surface area (Å²) >= 11 is 0. The maximum atomic E-state index is 4.39. The first-order chi connectivity index (χ1) is 13.8. The fraction of sp³-hybridized carbons (Fsp3) is 0.826. The second-order valence-corrected chi connectivity index (χ2v) is 6.10. The van der Waals surface area contributed by atoms with Gasteiger partial charge in [0, 0.05) is 45.1 Å². The highest BCUT2D eigenvalue weighted by molar-refractivity contribution is 5.35. The summed E-state index contributed by atoms with van der Waals surface area (Å²) in [7, 11) is 2.23. The molecule has 0 unspecified atom stereocenters. The Kier molecular flexibility index (Phi) is 21.3. The molecule has 0 N–H and O–H groups in total. The monoisotopic (exact) mass is 395 g/mol. The summed E-state index contributed by atoms with van der Waals surface area (Å²) < 4.78 is 0. The Bertz CT molecular complexity index is 397. The first kappa shape index (κ1) is 29.0. The van der Waals surface area contributed by atoms with Crippen LogP contribution in [0.25, 0.3) is 0 Å². The van der Waals surface area contributed by atoms with Gasteiger partial charge in [-0.1, -0.05) is 55.4 Å². The lowest BCUT2D eigenvalue weighted by molar-refractivity contribution is 0.155. The summed E-state index contributed by atoms with van der Waals surface area (Å²) in [5, 5.41) is 0. The van der Waals surface area contributed by atoms with Gasteiger partial charge >= 0.3 is 0 Å². The van der Waals surface area contributed by atoms with Crippen LogP contribution >= 0.6 is 0 Å². The van der Waals surface area contributed by atoms with E-state index in [0.29, 0.717) is 0 Å². The predicted octanol–water partition coefficient (Wildman–Crippen LogP) is 5.05. The minimum atomic E-state index is 0.897. The largest absolute Gasteiger partial charge is 0.353 e. The smallest absolute Gasteiger partial charge is 0.147 e. The highest BCUT2D eigenvalue weighted by atomic mass is 15.3. The van der Waals surface area contributed by atoms with E-state index in [2.05, 4.69) is 31.7 Å². The van der Waals surface area contributed by atoms with E-state index in [1.807, 2.05) is 61.6 Å². The first-order valence-electron chi connectivity index (χ1n) is 11.7. The summed E-state index contributed by atoms with van der Waals surface area (Å²) in [5.74, 6) is 1.92. The van der Waals surface area contributed by atoms with Crippen LogP contribution in [-0.4, -0.2) is 72.6 Å². The first-order valence-corrected chi connectivity index (χ1v) is 11.7. The molecule has 0 bridgehead atoms. The SMILES string of the molecule is CC.CC.CC.CC.CN1CCC(CN2CCN(c3cnccn3)CC2)CC1. The zero-order valence-corrected chi connectivity index (χ0v) is 20.4. The summed E-state index contributed by atoms with van der Waals surface area (Å²) in [5.41, 5.74) is 0. The fourth-order valence-electron chi connectivity index (χ4n) is 3.22. The van der Waals surface area contributed by atoms with Crippen LogP contribution < -0.4 is 4.90 Å². The van der Waals surface area contributed by atoms with Crippen LogP contribution in [0.4, 0.5) is 5.82 Å². The highest BCUT2D eigenvalue weighted by Crippen LogP contribution is 2.19. The molecule has 3 heterocycles. The maximum Gasteiger partial charge on any atom is 0.147 e. The third kappa shape index (κ3) is 11.6. The molecule has 0 atom stereocenters. The van der Waals surface area contributed by atoms with E-state index in [9.17, 15) is 0 Å². The zero-order chi connectivity index (χ0) is 21.8. The Hall–Kier alpha value is -1.20. The van der Waals surface area contributed by atoms with Crippen LogP contribution in [0.1, 0.15) is 68.2 Å². The molecule has 1 aromatic heterocycles. The van der Waals surface area contributed by atoms with Gasteiger partial charge < -0.3 is 9.80 Å². The number of aromatic nitrogens is 2. The van der Waals surface area contributed by atoms with Crippen molar-refractivity contribution in [1.82, 2.24) is 19.8 Å². The maximum absolute atomic E-state index is 4.39. The molecule has 2 aliphatic rings. The molecule has 0 radical (unpaired) electrons. The van der Waals surface area contributed by atoms with Gasteiger partial charge in [-0.25, -0.2) is 4.98 Å². The van der Waals surface area contributed by atoms with Crippen molar-refractivity contribution < 1.29 is 0 Å². The van der Waals surface area contributed by atoms with E-state index in [-0.39, 0.29) is 0 Å². The van der Waals surface area contributed by atoms with E-state index in [1.54, 1.807) is 12.4 Å². The average Bonchev–Trinajstić information content (AvgIpc) is 2.82. The molecule has 0 amide bonds. The highest BCUT2D eigenvalue weighted by Gasteiger charge is 2.23. The molecule has 0 saturated carbocycles. The van der Waals surface area contributed by atoms with Gasteiger partial charge in [0.25, 0.3) is 0 Å². The molecular formula is C23H49N5. The molecule has 5 heteroatoms. The van der Waals surface area contributed by atoms with E-state index in [4.69, 9.17) is 0 Å². The van der Waals surface area contributed by atoms with E-state index < -0.39 is 0 Å². The second-order valence-electron chi connectivity index (χ2n) is 6.10. The van der Waals surface area contributed by atoms with Crippen molar-refractivity contribution in [3.05, 3.63) is 18.6 Å².